The summed E-state index contributed by atoms with van der Waals surface area (Å²) in [6, 6.07) is 11.2. The van der Waals surface area contributed by atoms with Crippen LogP contribution in [0.1, 0.15) is 34.2 Å². The minimum Gasteiger partial charge on any atom is -0.382 e. The van der Waals surface area contributed by atoms with Crippen LogP contribution >= 0.6 is 43.5 Å². The number of aliphatic hydroxyl groups is 1. The molecule has 0 bridgehead atoms. The van der Waals surface area contributed by atoms with Gasteiger partial charge in [0.1, 0.15) is 16.4 Å². The highest BCUT2D eigenvalue weighted by molar-refractivity contribution is 9.10. The van der Waals surface area contributed by atoms with E-state index in [9.17, 15) is 18.3 Å². The van der Waals surface area contributed by atoms with Crippen molar-refractivity contribution in [1.82, 2.24) is 9.97 Å². The maximum atomic E-state index is 13.2. The van der Waals surface area contributed by atoms with Gasteiger partial charge in [0.05, 0.1) is 18.9 Å². The summed E-state index contributed by atoms with van der Waals surface area (Å²) in [5, 5.41) is 11.3. The molecule has 10 heteroatoms. The van der Waals surface area contributed by atoms with Gasteiger partial charge in [-0.05, 0) is 69.9 Å². The molecule has 2 heterocycles. The Morgan fingerprint density at radius 3 is 2.58 bits per heavy atom. The lowest BCUT2D eigenvalue weighted by Crippen LogP contribution is -2.14. The summed E-state index contributed by atoms with van der Waals surface area (Å²) in [6.45, 7) is 0.316. The summed E-state index contributed by atoms with van der Waals surface area (Å²) in [5.74, 6) is 0. The second-order valence-corrected chi connectivity index (χ2v) is 8.73. The molecule has 3 rings (SSSR count). The molecule has 4 nitrogen and oxygen atoms in total. The van der Waals surface area contributed by atoms with E-state index in [0.717, 1.165) is 22.3 Å². The van der Waals surface area contributed by atoms with Crippen molar-refractivity contribution in [3.63, 3.8) is 0 Å². The third kappa shape index (κ3) is 6.49. The Bertz CT molecular complexity index is 1070. The molecule has 0 saturated heterocycles. The van der Waals surface area contributed by atoms with Crippen molar-refractivity contribution in [1.29, 1.82) is 0 Å². The Hall–Kier alpha value is -1.52. The minimum atomic E-state index is -4.60. The average molecular weight is 581 g/mol. The molecule has 1 aromatic carbocycles. The highest BCUT2D eigenvalue weighted by Gasteiger charge is 2.33. The van der Waals surface area contributed by atoms with Crippen LogP contribution in [0.4, 0.5) is 13.2 Å². The van der Waals surface area contributed by atoms with Crippen LogP contribution < -0.4 is 0 Å². The van der Waals surface area contributed by atoms with Crippen LogP contribution in [0.2, 0.25) is 5.02 Å². The first-order valence-electron chi connectivity index (χ1n) is 9.03. The van der Waals surface area contributed by atoms with E-state index in [1.54, 1.807) is 30.3 Å². The Labute approximate surface area is 198 Å². The molecular formula is C21H16Br2ClF3N2O2. The maximum Gasteiger partial charge on any atom is 0.433 e. The number of pyridine rings is 2. The number of hydrogen-bond donors (Lipinski definition) is 1. The molecule has 3 aromatic rings. The van der Waals surface area contributed by atoms with E-state index >= 15 is 0 Å². The zero-order valence-electron chi connectivity index (χ0n) is 15.8. The molecule has 1 atom stereocenters. The number of alkyl halides is 3. The summed E-state index contributed by atoms with van der Waals surface area (Å²) in [4.78, 5) is 7.67. The number of nitrogens with zero attached hydrogens (tertiary/aromatic N) is 2. The molecule has 0 aliphatic carbocycles. The van der Waals surface area contributed by atoms with Crippen LogP contribution in [0.5, 0.6) is 0 Å². The first-order chi connectivity index (χ1) is 14.6. The predicted octanol–water partition coefficient (Wildman–Crippen LogP) is 6.51. The van der Waals surface area contributed by atoms with Gasteiger partial charge in [0.25, 0.3) is 0 Å². The molecule has 1 N–H and O–H groups in total. The number of benzene rings is 1. The van der Waals surface area contributed by atoms with Crippen LogP contribution in [0.25, 0.3) is 0 Å². The normalized spacial score (nSPS) is 12.7. The standard InChI is InChI=1S/C21H16Br2ClF3N2O2/c22-14-4-5-16(24)13(8-14)11-31-7-6-12-9-18(21(25,26)27)28-10-15(12)20(30)17-2-1-3-19(23)29-17/h1-5,8-10,20,30H,6-7,11H2. The number of aliphatic hydroxyl groups excluding tert-OH is 1. The molecule has 0 radical (unpaired) electrons. The van der Waals surface area contributed by atoms with E-state index < -0.39 is 18.0 Å². The van der Waals surface area contributed by atoms with Gasteiger partial charge in [-0.1, -0.05) is 33.6 Å². The molecule has 0 amide bonds. The van der Waals surface area contributed by atoms with E-state index in [1.165, 1.54) is 0 Å². The molecule has 0 spiro atoms. The van der Waals surface area contributed by atoms with Crippen LogP contribution in [0.15, 0.2) is 57.7 Å². The summed E-state index contributed by atoms with van der Waals surface area (Å²) in [6.07, 6.45) is -4.66. The van der Waals surface area contributed by atoms with E-state index in [4.69, 9.17) is 16.3 Å². The van der Waals surface area contributed by atoms with Gasteiger partial charge in [-0.2, -0.15) is 13.2 Å². The molecule has 0 fully saturated rings. The predicted molar refractivity (Wildman–Crippen MR) is 118 cm³/mol. The second kappa shape index (κ2) is 10.4. The van der Waals surface area contributed by atoms with E-state index in [1.807, 2.05) is 6.07 Å². The van der Waals surface area contributed by atoms with Crippen molar-refractivity contribution in [3.05, 3.63) is 90.8 Å². The second-order valence-electron chi connectivity index (χ2n) is 6.59. The zero-order chi connectivity index (χ0) is 22.6. The molecule has 164 valence electrons. The Morgan fingerprint density at radius 2 is 1.87 bits per heavy atom. The third-order valence-corrected chi connectivity index (χ3v) is 5.71. The first-order valence-corrected chi connectivity index (χ1v) is 11.0. The lowest BCUT2D eigenvalue weighted by atomic mass is 9.99. The van der Waals surface area contributed by atoms with Gasteiger partial charge in [-0.25, -0.2) is 4.98 Å². The van der Waals surface area contributed by atoms with Crippen LogP contribution in [-0.2, 0) is 23.9 Å². The minimum absolute atomic E-state index is 0.121. The summed E-state index contributed by atoms with van der Waals surface area (Å²) >= 11 is 12.7. The molecule has 1 unspecified atom stereocenters. The van der Waals surface area contributed by atoms with Crippen molar-refractivity contribution < 1.29 is 23.0 Å². The molecule has 2 aromatic heterocycles. The fourth-order valence-electron chi connectivity index (χ4n) is 2.88. The molecule has 0 aliphatic rings. The Kier molecular flexibility index (Phi) is 8.09. The van der Waals surface area contributed by atoms with Gasteiger partial charge < -0.3 is 9.84 Å². The van der Waals surface area contributed by atoms with Gasteiger partial charge >= 0.3 is 6.18 Å². The van der Waals surface area contributed by atoms with Gasteiger partial charge in [-0.15, -0.1) is 0 Å². The van der Waals surface area contributed by atoms with Gasteiger partial charge in [0, 0.05) is 21.3 Å². The van der Waals surface area contributed by atoms with Crippen LogP contribution in [0.3, 0.4) is 0 Å². The number of rotatable bonds is 7. The zero-order valence-corrected chi connectivity index (χ0v) is 19.8. The van der Waals surface area contributed by atoms with E-state index in [0.29, 0.717) is 15.3 Å². The summed E-state index contributed by atoms with van der Waals surface area (Å²) < 4.78 is 46.5. The van der Waals surface area contributed by atoms with Crippen LogP contribution in [-0.4, -0.2) is 21.7 Å². The molecule has 0 saturated carbocycles. The molecular weight excluding hydrogens is 564 g/mol. The fourth-order valence-corrected chi connectivity index (χ4v) is 3.82. The smallest absolute Gasteiger partial charge is 0.382 e. The van der Waals surface area contributed by atoms with E-state index in [2.05, 4.69) is 41.8 Å². The average Bonchev–Trinajstić information content (AvgIpc) is 2.72. The van der Waals surface area contributed by atoms with Crippen molar-refractivity contribution in [2.75, 3.05) is 6.61 Å². The van der Waals surface area contributed by atoms with Crippen molar-refractivity contribution in [2.24, 2.45) is 0 Å². The lowest BCUT2D eigenvalue weighted by molar-refractivity contribution is -0.141. The third-order valence-electron chi connectivity index (χ3n) is 4.41. The van der Waals surface area contributed by atoms with Crippen LogP contribution in [0, 0.1) is 0 Å². The first kappa shape index (κ1) is 24.1. The summed E-state index contributed by atoms with van der Waals surface area (Å²) in [7, 11) is 0. The highest BCUT2D eigenvalue weighted by Crippen LogP contribution is 2.32. The Morgan fingerprint density at radius 1 is 1.10 bits per heavy atom. The topological polar surface area (TPSA) is 55.2 Å². The van der Waals surface area contributed by atoms with Gasteiger partial charge in [-0.3, -0.25) is 4.98 Å². The maximum absolute atomic E-state index is 13.2. The van der Waals surface area contributed by atoms with Gasteiger partial charge in [0.15, 0.2) is 0 Å². The Balaban J connectivity index is 1.80. The number of hydrogen-bond acceptors (Lipinski definition) is 4. The lowest BCUT2D eigenvalue weighted by Gasteiger charge is -2.17. The number of halogens is 6. The fraction of sp³-hybridized carbons (Fsp3) is 0.238. The number of aromatic nitrogens is 2. The summed E-state index contributed by atoms with van der Waals surface area (Å²) in [5.41, 5.74) is 0.523. The van der Waals surface area contributed by atoms with E-state index in [-0.39, 0.29) is 30.8 Å². The molecule has 31 heavy (non-hydrogen) atoms. The largest absolute Gasteiger partial charge is 0.433 e. The molecule has 0 aliphatic heterocycles. The van der Waals surface area contributed by atoms with Gasteiger partial charge in [0.2, 0.25) is 0 Å². The van der Waals surface area contributed by atoms with Crippen molar-refractivity contribution >= 4 is 43.5 Å². The highest BCUT2D eigenvalue weighted by atomic mass is 79.9. The van der Waals surface area contributed by atoms with Crippen molar-refractivity contribution in [2.45, 2.75) is 25.3 Å². The van der Waals surface area contributed by atoms with Crippen molar-refractivity contribution in [3.8, 4) is 0 Å². The SMILES string of the molecule is OC(c1cccc(Br)n1)c1cnc(C(F)(F)F)cc1CCOCc1cc(Br)ccc1Cl. The quantitative estimate of drug-likeness (QED) is 0.256. The monoisotopic (exact) mass is 578 g/mol. The number of ether oxygens (including phenoxy) is 1.